The molecule has 0 saturated carbocycles. The third kappa shape index (κ3) is 5.06. The normalized spacial score (nSPS) is 19.2. The monoisotopic (exact) mass is 184 g/mol. The minimum absolute atomic E-state index is 1.22. The van der Waals surface area contributed by atoms with Gasteiger partial charge in [-0.05, 0) is 19.5 Å². The molecule has 13 heavy (non-hydrogen) atoms. The molecule has 0 N–H and O–H groups in total. The lowest BCUT2D eigenvalue weighted by Gasteiger charge is -2.33. The Bertz CT molecular complexity index is 107. The molecule has 1 rings (SSSR count). The van der Waals surface area contributed by atoms with Crippen molar-refractivity contribution in [2.45, 2.75) is 20.3 Å². The predicted octanol–water partition coefficient (Wildman–Crippen LogP) is 1.84. The van der Waals surface area contributed by atoms with Crippen LogP contribution in [0.25, 0.3) is 0 Å². The van der Waals surface area contributed by atoms with E-state index in [0.717, 1.165) is 0 Å². The molecule has 0 spiro atoms. The van der Waals surface area contributed by atoms with Crippen LogP contribution in [0, 0.1) is 0 Å². The fraction of sp³-hybridized carbons (Fsp3) is 0.818. The molecule has 1 aliphatic rings. The molecule has 1 saturated heterocycles. The van der Waals surface area contributed by atoms with Crippen LogP contribution in [-0.2, 0) is 0 Å². The zero-order chi connectivity index (χ0) is 10.1. The van der Waals surface area contributed by atoms with Crippen molar-refractivity contribution in [3.63, 3.8) is 0 Å². The van der Waals surface area contributed by atoms with Gasteiger partial charge in [0.05, 0.1) is 0 Å². The van der Waals surface area contributed by atoms with Gasteiger partial charge in [-0.3, -0.25) is 0 Å². The lowest BCUT2D eigenvalue weighted by molar-refractivity contribution is 0.137. The summed E-state index contributed by atoms with van der Waals surface area (Å²) >= 11 is 0. The average Bonchev–Trinajstić information content (AvgIpc) is 2.23. The highest BCUT2D eigenvalue weighted by Gasteiger charge is 2.13. The first kappa shape index (κ1) is 12.7. The van der Waals surface area contributed by atoms with Gasteiger partial charge >= 0.3 is 0 Å². The van der Waals surface area contributed by atoms with Gasteiger partial charge in [-0.2, -0.15) is 0 Å². The highest BCUT2D eigenvalue weighted by Crippen LogP contribution is 2.00. The number of piperazine rings is 1. The Kier molecular flexibility index (Phi) is 8.05. The van der Waals surface area contributed by atoms with E-state index >= 15 is 0 Å². The van der Waals surface area contributed by atoms with Crippen molar-refractivity contribution < 1.29 is 0 Å². The van der Waals surface area contributed by atoms with Crippen molar-refractivity contribution in [2.24, 2.45) is 0 Å². The number of likely N-dealkylation sites (N-methyl/N-ethyl adjacent to an activating group) is 1. The molecule has 1 aliphatic heterocycles. The average molecular weight is 184 g/mol. The maximum Gasteiger partial charge on any atom is 0.0110 e. The summed E-state index contributed by atoms with van der Waals surface area (Å²) in [7, 11) is 0. The molecule has 0 aromatic carbocycles. The van der Waals surface area contributed by atoms with Gasteiger partial charge in [0.1, 0.15) is 0 Å². The molecule has 0 unspecified atom stereocenters. The first-order chi connectivity index (χ1) is 6.36. The molecule has 2 heteroatoms. The van der Waals surface area contributed by atoms with Crippen LogP contribution in [0.5, 0.6) is 0 Å². The van der Waals surface area contributed by atoms with E-state index in [0.29, 0.717) is 0 Å². The first-order valence-corrected chi connectivity index (χ1v) is 5.31. The number of hydrogen-bond donors (Lipinski definition) is 0. The van der Waals surface area contributed by atoms with Crippen LogP contribution < -0.4 is 0 Å². The van der Waals surface area contributed by atoms with Crippen LogP contribution >= 0.6 is 0 Å². The third-order valence-electron chi connectivity index (χ3n) is 2.45. The van der Waals surface area contributed by atoms with Crippen molar-refractivity contribution in [2.75, 3.05) is 39.3 Å². The van der Waals surface area contributed by atoms with Gasteiger partial charge < -0.3 is 9.80 Å². The van der Waals surface area contributed by atoms with Gasteiger partial charge in [-0.25, -0.2) is 0 Å². The molecule has 2 nitrogen and oxygen atoms in total. The van der Waals surface area contributed by atoms with E-state index in [1.807, 2.05) is 0 Å². The maximum atomic E-state index is 3.00. The van der Waals surface area contributed by atoms with Crippen molar-refractivity contribution in [3.05, 3.63) is 13.2 Å². The molecule has 0 bridgehead atoms. The topological polar surface area (TPSA) is 6.48 Å². The largest absolute Gasteiger partial charge is 0.301 e. The summed E-state index contributed by atoms with van der Waals surface area (Å²) in [6, 6.07) is 0. The number of rotatable bonds is 3. The molecule has 0 radical (unpaired) electrons. The minimum Gasteiger partial charge on any atom is -0.301 e. The van der Waals surface area contributed by atoms with Crippen LogP contribution in [0.2, 0.25) is 0 Å². The molecule has 0 aromatic rings. The summed E-state index contributed by atoms with van der Waals surface area (Å²) in [6.45, 7) is 18.1. The van der Waals surface area contributed by atoms with Crippen molar-refractivity contribution in [1.29, 1.82) is 0 Å². The van der Waals surface area contributed by atoms with Crippen molar-refractivity contribution in [3.8, 4) is 0 Å². The van der Waals surface area contributed by atoms with Crippen LogP contribution in [0.4, 0.5) is 0 Å². The Hall–Kier alpha value is -0.340. The third-order valence-corrected chi connectivity index (χ3v) is 2.45. The molecule has 1 heterocycles. The maximum absolute atomic E-state index is 3.00. The summed E-state index contributed by atoms with van der Waals surface area (Å²) in [5.41, 5.74) is 0. The summed E-state index contributed by atoms with van der Waals surface area (Å²) in [6.07, 6.45) is 1.30. The number of nitrogens with zero attached hydrogens (tertiary/aromatic N) is 2. The van der Waals surface area contributed by atoms with Gasteiger partial charge in [0, 0.05) is 26.2 Å². The lowest BCUT2D eigenvalue weighted by Crippen LogP contribution is -2.46. The van der Waals surface area contributed by atoms with Crippen molar-refractivity contribution in [1.82, 2.24) is 9.80 Å². The molecule has 78 valence electrons. The molecule has 0 aromatic heterocycles. The minimum atomic E-state index is 1.22. The van der Waals surface area contributed by atoms with E-state index in [2.05, 4.69) is 36.8 Å². The Morgan fingerprint density at radius 3 is 1.77 bits per heavy atom. The highest BCUT2D eigenvalue weighted by atomic mass is 15.3. The second kappa shape index (κ2) is 8.27. The Labute approximate surface area is 83.2 Å². The van der Waals surface area contributed by atoms with Gasteiger partial charge in [0.2, 0.25) is 0 Å². The summed E-state index contributed by atoms with van der Waals surface area (Å²) in [4.78, 5) is 5.08. The van der Waals surface area contributed by atoms with Gasteiger partial charge in [0.15, 0.2) is 0 Å². The Balaban J connectivity index is 0.000000671. The van der Waals surface area contributed by atoms with Gasteiger partial charge in [-0.1, -0.05) is 13.8 Å². The van der Waals surface area contributed by atoms with Crippen molar-refractivity contribution >= 4 is 0 Å². The quantitative estimate of drug-likeness (QED) is 0.618. The lowest BCUT2D eigenvalue weighted by atomic mass is 10.3. The van der Waals surface area contributed by atoms with E-state index in [9.17, 15) is 0 Å². The Morgan fingerprint density at radius 2 is 1.38 bits per heavy atom. The fourth-order valence-electron chi connectivity index (χ4n) is 1.65. The van der Waals surface area contributed by atoms with E-state index in [1.165, 1.54) is 45.7 Å². The Morgan fingerprint density at radius 1 is 0.923 bits per heavy atom. The number of hydrogen-bond acceptors (Lipinski definition) is 2. The molecular weight excluding hydrogens is 160 g/mol. The molecule has 1 fully saturated rings. The molecule has 0 amide bonds. The molecule has 0 atom stereocenters. The van der Waals surface area contributed by atoms with E-state index in [4.69, 9.17) is 0 Å². The smallest absolute Gasteiger partial charge is 0.0110 e. The molecular formula is C11H24N2. The fourth-order valence-corrected chi connectivity index (χ4v) is 1.65. The summed E-state index contributed by atoms with van der Waals surface area (Å²) < 4.78 is 0. The van der Waals surface area contributed by atoms with E-state index in [-0.39, 0.29) is 0 Å². The zero-order valence-corrected chi connectivity index (χ0v) is 9.26. The second-order valence-corrected chi connectivity index (χ2v) is 3.28. The second-order valence-electron chi connectivity index (χ2n) is 3.28. The summed E-state index contributed by atoms with van der Waals surface area (Å²) in [5, 5.41) is 0. The van der Waals surface area contributed by atoms with Crippen LogP contribution in [0.1, 0.15) is 20.3 Å². The predicted molar refractivity (Wildman–Crippen MR) is 60.1 cm³/mol. The zero-order valence-electron chi connectivity index (χ0n) is 9.26. The summed E-state index contributed by atoms with van der Waals surface area (Å²) in [5.74, 6) is 0. The van der Waals surface area contributed by atoms with Gasteiger partial charge in [-0.15, -0.1) is 13.2 Å². The van der Waals surface area contributed by atoms with E-state index < -0.39 is 0 Å². The van der Waals surface area contributed by atoms with E-state index in [1.54, 1.807) is 0 Å². The highest BCUT2D eigenvalue weighted by molar-refractivity contribution is 4.69. The first-order valence-electron chi connectivity index (χ1n) is 5.31. The SMILES string of the molecule is C=C.CCCN1CCN(CC)CC1. The van der Waals surface area contributed by atoms with Crippen LogP contribution in [0.3, 0.4) is 0 Å². The van der Waals surface area contributed by atoms with Crippen LogP contribution in [-0.4, -0.2) is 49.1 Å². The van der Waals surface area contributed by atoms with Crippen LogP contribution in [0.15, 0.2) is 13.2 Å². The molecule has 0 aliphatic carbocycles. The van der Waals surface area contributed by atoms with Gasteiger partial charge in [0.25, 0.3) is 0 Å². The standard InChI is InChI=1S/C9H20N2.C2H4/c1-3-5-11-8-6-10(4-2)7-9-11;1-2/h3-9H2,1-2H3;1-2H2.